The maximum Gasteiger partial charge on any atom is 0.221 e. The molecule has 0 heterocycles. The summed E-state index contributed by atoms with van der Waals surface area (Å²) in [6.07, 6.45) is 6.61. The molecule has 1 unspecified atom stereocenters. The van der Waals surface area contributed by atoms with Gasteiger partial charge in [0.1, 0.15) is 0 Å². The second-order valence-electron chi connectivity index (χ2n) is 10.1. The first-order chi connectivity index (χ1) is 19.8. The number of aromatic hydroxyl groups is 1. The van der Waals surface area contributed by atoms with Crippen molar-refractivity contribution in [1.82, 2.24) is 4.90 Å². The van der Waals surface area contributed by atoms with E-state index in [1.54, 1.807) is 6.07 Å². The summed E-state index contributed by atoms with van der Waals surface area (Å²) in [7, 11) is 2.10. The van der Waals surface area contributed by atoms with Crippen molar-refractivity contribution >= 4 is 34.1 Å². The van der Waals surface area contributed by atoms with Gasteiger partial charge >= 0.3 is 0 Å². The van der Waals surface area contributed by atoms with E-state index in [4.69, 9.17) is 23.2 Å². The average molecular weight is 600 g/mol. The molecule has 0 saturated heterocycles. The molecule has 1 atom stereocenters. The normalized spacial score (nSPS) is 12.8. The Morgan fingerprint density at radius 2 is 1.68 bits per heavy atom. The van der Waals surface area contributed by atoms with Crippen LogP contribution >= 0.6 is 23.2 Å². The maximum absolute atomic E-state index is 11.3. The number of likely N-dealkylation sites (N-methyl/N-ethyl adjacent to an activating group) is 1. The minimum atomic E-state index is -0.270. The summed E-state index contributed by atoms with van der Waals surface area (Å²) in [5, 5.41) is 13.2. The van der Waals surface area contributed by atoms with Gasteiger partial charge in [-0.15, -0.1) is 4.91 Å². The second-order valence-corrected chi connectivity index (χ2v) is 10.9. The van der Waals surface area contributed by atoms with Gasteiger partial charge in [-0.25, -0.2) is 0 Å². The molecular weight excluding hydrogens is 555 g/mol. The predicted octanol–water partition coefficient (Wildman–Crippen LogP) is 9.38. The van der Waals surface area contributed by atoms with Gasteiger partial charge in [0, 0.05) is 18.9 Å². The molecule has 0 spiro atoms. The van der Waals surface area contributed by atoms with Crippen molar-refractivity contribution in [3.63, 3.8) is 0 Å². The summed E-state index contributed by atoms with van der Waals surface area (Å²) in [5.74, 6) is -0.156. The smallest absolute Gasteiger partial charge is 0.221 e. The van der Waals surface area contributed by atoms with Gasteiger partial charge in [-0.05, 0) is 108 Å². The molecule has 1 N–H and O–H groups in total. The fraction of sp³-hybridized carbons (Fsp3) is 0.441. The van der Waals surface area contributed by atoms with Crippen molar-refractivity contribution in [2.45, 2.75) is 78.6 Å². The van der Waals surface area contributed by atoms with E-state index in [0.717, 1.165) is 49.0 Å². The van der Waals surface area contributed by atoms with Crippen molar-refractivity contribution in [2.24, 2.45) is 5.18 Å². The highest BCUT2D eigenvalue weighted by Gasteiger charge is 2.25. The van der Waals surface area contributed by atoms with Gasteiger partial charge in [0.15, 0.2) is 11.4 Å². The number of aryl methyl sites for hydroxylation is 3. The van der Waals surface area contributed by atoms with Crippen LogP contribution in [0.3, 0.4) is 0 Å². The number of carbonyl (C=O) groups is 1. The van der Waals surface area contributed by atoms with Gasteiger partial charge < -0.3 is 10.0 Å². The molecule has 0 aliphatic heterocycles. The Morgan fingerprint density at radius 3 is 2.27 bits per heavy atom. The molecule has 0 aromatic heterocycles. The van der Waals surface area contributed by atoms with E-state index in [0.29, 0.717) is 12.8 Å². The Labute approximate surface area is 255 Å². The number of rotatable bonds is 10. The third-order valence-electron chi connectivity index (χ3n) is 7.45. The Balaban J connectivity index is 0.000000378. The third-order valence-corrected chi connectivity index (χ3v) is 8.04. The summed E-state index contributed by atoms with van der Waals surface area (Å²) in [4.78, 5) is 23.9. The van der Waals surface area contributed by atoms with E-state index < -0.39 is 0 Å². The van der Waals surface area contributed by atoms with Gasteiger partial charge in [0.25, 0.3) is 0 Å². The zero-order valence-electron chi connectivity index (χ0n) is 25.1. The molecular formula is C34H44Cl2N2O3. The van der Waals surface area contributed by atoms with Crippen LogP contribution < -0.4 is 0 Å². The van der Waals surface area contributed by atoms with Crippen LogP contribution in [-0.2, 0) is 30.5 Å². The van der Waals surface area contributed by atoms with Gasteiger partial charge in [-0.1, -0.05) is 87.8 Å². The molecule has 0 saturated carbocycles. The average Bonchev–Trinajstić information content (AvgIpc) is 3.01. The van der Waals surface area contributed by atoms with Crippen LogP contribution in [0.15, 0.2) is 59.8 Å². The van der Waals surface area contributed by atoms with Crippen molar-refractivity contribution in [1.29, 1.82) is 0 Å². The molecule has 1 aliphatic rings. The van der Waals surface area contributed by atoms with E-state index in [2.05, 4.69) is 42.2 Å². The Bertz CT molecular complexity index is 1260. The first-order valence-electron chi connectivity index (χ1n) is 14.7. The second kappa shape index (κ2) is 17.9. The molecule has 0 amide bonds. The lowest BCUT2D eigenvalue weighted by Gasteiger charge is -2.28. The lowest BCUT2D eigenvalue weighted by molar-refractivity contribution is -0.111. The zero-order chi connectivity index (χ0) is 30.4. The number of halogens is 2. The molecule has 0 radical (unpaired) electrons. The van der Waals surface area contributed by atoms with Gasteiger partial charge in [-0.3, -0.25) is 4.79 Å². The highest BCUT2D eigenvalue weighted by atomic mass is 35.5. The van der Waals surface area contributed by atoms with Gasteiger partial charge in [0.05, 0.1) is 5.02 Å². The van der Waals surface area contributed by atoms with E-state index >= 15 is 0 Å². The largest absolute Gasteiger partial charge is 0.504 e. The SMILES string of the molecule is CC.CCc1c(C(CN(C)CC)c2ccc3c(c2)CCCC3)cc(N=O)c(O)c1Cl.O=C(Cl)CCc1ccccc1. The number of benzene rings is 3. The van der Waals surface area contributed by atoms with Crippen molar-refractivity contribution in [3.8, 4) is 5.75 Å². The van der Waals surface area contributed by atoms with E-state index in [1.165, 1.54) is 29.5 Å². The van der Waals surface area contributed by atoms with Crippen LogP contribution in [0.4, 0.5) is 5.69 Å². The molecule has 41 heavy (non-hydrogen) atoms. The monoisotopic (exact) mass is 598 g/mol. The topological polar surface area (TPSA) is 70.0 Å². The summed E-state index contributed by atoms with van der Waals surface area (Å²) in [6.45, 7) is 9.88. The van der Waals surface area contributed by atoms with Crippen LogP contribution in [0.2, 0.25) is 5.02 Å². The summed E-state index contributed by atoms with van der Waals surface area (Å²) < 4.78 is 0. The minimum absolute atomic E-state index is 0.0133. The number of nitroso groups, excluding NO2 is 1. The highest BCUT2D eigenvalue weighted by Crippen LogP contribution is 2.43. The van der Waals surface area contributed by atoms with E-state index in [9.17, 15) is 14.8 Å². The number of phenols is 1. The molecule has 0 bridgehead atoms. The number of nitrogens with zero attached hydrogens (tertiary/aromatic N) is 2. The van der Waals surface area contributed by atoms with Crippen LogP contribution in [-0.4, -0.2) is 35.4 Å². The fourth-order valence-corrected chi connectivity index (χ4v) is 5.54. The first kappa shape index (κ1) is 34.5. The molecule has 0 fully saturated rings. The fourth-order valence-electron chi connectivity index (χ4n) is 5.11. The van der Waals surface area contributed by atoms with Crippen LogP contribution in [0.1, 0.15) is 86.3 Å². The first-order valence-corrected chi connectivity index (χ1v) is 15.4. The summed E-state index contributed by atoms with van der Waals surface area (Å²) in [5.41, 5.74) is 7.15. The quantitative estimate of drug-likeness (QED) is 0.186. The Hall–Kier alpha value is -2.73. The van der Waals surface area contributed by atoms with Crippen LogP contribution in [0.25, 0.3) is 0 Å². The molecule has 5 nitrogen and oxygen atoms in total. The molecule has 3 aromatic carbocycles. The van der Waals surface area contributed by atoms with E-state index in [1.807, 2.05) is 51.1 Å². The standard InChI is InChI=1S/C23H29ClN2O2.C9H9ClO.C2H6/c1-4-18-19(13-21(25-28)23(27)22(18)24)20(14-26(3)5-2)17-11-10-15-8-6-7-9-16(15)12-17;10-9(11)7-6-8-4-2-1-3-5-8;1-2/h10-13,20,27H,4-9,14H2,1-3H3;1-5H,6-7H2;1-2H3. The number of phenolic OH excluding ortho intramolecular Hbond substituents is 1. The minimum Gasteiger partial charge on any atom is -0.504 e. The Morgan fingerprint density at radius 1 is 1.02 bits per heavy atom. The lowest BCUT2D eigenvalue weighted by Crippen LogP contribution is -2.26. The number of fused-ring (bicyclic) bond motifs is 1. The van der Waals surface area contributed by atoms with Crippen LogP contribution in [0, 0.1) is 4.91 Å². The maximum atomic E-state index is 11.3. The molecule has 7 heteroatoms. The van der Waals surface area contributed by atoms with Crippen molar-refractivity contribution in [3.05, 3.63) is 97.9 Å². The Kier molecular flexibility index (Phi) is 15.1. The third kappa shape index (κ3) is 9.95. The van der Waals surface area contributed by atoms with Gasteiger partial charge in [-0.2, -0.15) is 0 Å². The van der Waals surface area contributed by atoms with Crippen LogP contribution in [0.5, 0.6) is 5.75 Å². The lowest BCUT2D eigenvalue weighted by atomic mass is 9.82. The summed E-state index contributed by atoms with van der Waals surface area (Å²) in [6, 6.07) is 18.4. The van der Waals surface area contributed by atoms with Gasteiger partial charge in [0.2, 0.25) is 5.24 Å². The summed E-state index contributed by atoms with van der Waals surface area (Å²) >= 11 is 11.6. The number of carbonyl (C=O) groups excluding carboxylic acids is 1. The number of hydrogen-bond acceptors (Lipinski definition) is 5. The zero-order valence-corrected chi connectivity index (χ0v) is 26.6. The highest BCUT2D eigenvalue weighted by molar-refractivity contribution is 6.63. The molecule has 222 valence electrons. The van der Waals surface area contributed by atoms with Crippen molar-refractivity contribution in [2.75, 3.05) is 20.1 Å². The van der Waals surface area contributed by atoms with Crippen molar-refractivity contribution < 1.29 is 9.90 Å². The van der Waals surface area contributed by atoms with E-state index in [-0.39, 0.29) is 27.6 Å². The number of hydrogen-bond donors (Lipinski definition) is 1. The predicted molar refractivity (Wildman–Crippen MR) is 173 cm³/mol. The molecule has 1 aliphatic carbocycles. The molecule has 4 rings (SSSR count). The molecule has 3 aromatic rings.